The fourth-order valence-corrected chi connectivity index (χ4v) is 2.68. The van der Waals surface area contributed by atoms with Crippen LogP contribution in [0.5, 0.6) is 0 Å². The summed E-state index contributed by atoms with van der Waals surface area (Å²) in [6.45, 7) is 9.55. The minimum atomic E-state index is -0.372. The summed E-state index contributed by atoms with van der Waals surface area (Å²) in [5.41, 5.74) is -0.372. The maximum absolute atomic E-state index is 9.11. The van der Waals surface area contributed by atoms with Gasteiger partial charge in [-0.1, -0.05) is 11.3 Å². The van der Waals surface area contributed by atoms with Crippen LogP contribution in [0.3, 0.4) is 0 Å². The van der Waals surface area contributed by atoms with Gasteiger partial charge in [0.05, 0.1) is 6.07 Å². The Hall–Kier alpha value is -1.19. The smallest absolute Gasteiger partial charge is 0.208 e. The minimum absolute atomic E-state index is 0.372. The minimum Gasteiger partial charge on any atom is -0.344 e. The molecule has 0 saturated carbocycles. The summed E-state index contributed by atoms with van der Waals surface area (Å²) in [6, 6.07) is 2.35. The normalized spacial score (nSPS) is 18.1. The van der Waals surface area contributed by atoms with E-state index in [-0.39, 0.29) is 5.54 Å². The van der Waals surface area contributed by atoms with Crippen LogP contribution >= 0.6 is 11.3 Å². The molecule has 0 aliphatic carbocycles. The Morgan fingerprint density at radius 3 is 2.35 bits per heavy atom. The second kappa shape index (κ2) is 4.59. The van der Waals surface area contributed by atoms with E-state index in [1.807, 2.05) is 20.8 Å². The van der Waals surface area contributed by atoms with Crippen molar-refractivity contribution in [1.29, 1.82) is 5.26 Å². The Labute approximate surface area is 106 Å². The van der Waals surface area contributed by atoms with Crippen molar-refractivity contribution in [2.24, 2.45) is 0 Å². The highest BCUT2D eigenvalue weighted by molar-refractivity contribution is 7.15. The van der Waals surface area contributed by atoms with Gasteiger partial charge in [-0.05, 0) is 20.8 Å². The third-order valence-corrected chi connectivity index (χ3v) is 4.03. The summed E-state index contributed by atoms with van der Waals surface area (Å²) in [7, 11) is 0. The topological polar surface area (TPSA) is 56.1 Å². The Morgan fingerprint density at radius 1 is 1.24 bits per heavy atom. The quantitative estimate of drug-likeness (QED) is 0.792. The van der Waals surface area contributed by atoms with Gasteiger partial charge in [0.2, 0.25) is 5.13 Å². The molecular weight excluding hydrogens is 234 g/mol. The highest BCUT2D eigenvalue weighted by Gasteiger charge is 2.30. The van der Waals surface area contributed by atoms with Crippen molar-refractivity contribution in [2.45, 2.75) is 26.3 Å². The van der Waals surface area contributed by atoms with Gasteiger partial charge in [0.15, 0.2) is 0 Å². The molecule has 17 heavy (non-hydrogen) atoms. The zero-order chi connectivity index (χ0) is 12.5. The summed E-state index contributed by atoms with van der Waals surface area (Å²) in [5, 5.41) is 19.3. The Balaban J connectivity index is 1.97. The van der Waals surface area contributed by atoms with Gasteiger partial charge in [-0.25, -0.2) is 0 Å². The van der Waals surface area contributed by atoms with Gasteiger partial charge in [0.25, 0.3) is 0 Å². The van der Waals surface area contributed by atoms with Gasteiger partial charge in [-0.15, -0.1) is 10.2 Å². The lowest BCUT2D eigenvalue weighted by Crippen LogP contribution is -2.54. The van der Waals surface area contributed by atoms with E-state index in [1.54, 1.807) is 11.3 Å². The van der Waals surface area contributed by atoms with Crippen LogP contribution in [0, 0.1) is 18.3 Å². The van der Waals surface area contributed by atoms with Crippen molar-refractivity contribution in [3.63, 3.8) is 0 Å². The number of rotatable bonds is 2. The zero-order valence-electron chi connectivity index (χ0n) is 10.5. The first kappa shape index (κ1) is 12.3. The predicted molar refractivity (Wildman–Crippen MR) is 68.1 cm³/mol. The molecule has 6 heteroatoms. The highest BCUT2D eigenvalue weighted by Crippen LogP contribution is 2.23. The van der Waals surface area contributed by atoms with Crippen LogP contribution in [0.2, 0.25) is 0 Å². The molecule has 2 heterocycles. The molecule has 0 aromatic carbocycles. The third kappa shape index (κ3) is 2.56. The molecule has 0 spiro atoms. The number of nitriles is 1. The van der Waals surface area contributed by atoms with E-state index < -0.39 is 0 Å². The lowest BCUT2D eigenvalue weighted by molar-refractivity contribution is 0.158. The molecule has 0 unspecified atom stereocenters. The molecule has 1 aliphatic rings. The van der Waals surface area contributed by atoms with Crippen LogP contribution in [-0.2, 0) is 0 Å². The second-order valence-electron chi connectivity index (χ2n) is 4.75. The predicted octanol–water partition coefficient (Wildman–Crippen LogP) is 1.27. The maximum atomic E-state index is 9.11. The molecule has 0 amide bonds. The largest absolute Gasteiger partial charge is 0.344 e. The van der Waals surface area contributed by atoms with Crippen LogP contribution in [0.4, 0.5) is 5.13 Å². The van der Waals surface area contributed by atoms with Crippen LogP contribution in [-0.4, -0.2) is 46.8 Å². The van der Waals surface area contributed by atoms with Gasteiger partial charge in [-0.3, -0.25) is 4.90 Å². The number of anilines is 1. The van der Waals surface area contributed by atoms with Gasteiger partial charge < -0.3 is 4.90 Å². The van der Waals surface area contributed by atoms with E-state index in [4.69, 9.17) is 5.26 Å². The number of hydrogen-bond acceptors (Lipinski definition) is 6. The van der Waals surface area contributed by atoms with Crippen molar-refractivity contribution in [1.82, 2.24) is 15.1 Å². The number of piperazine rings is 1. The molecule has 1 saturated heterocycles. The van der Waals surface area contributed by atoms with Gasteiger partial charge in [0, 0.05) is 26.2 Å². The van der Waals surface area contributed by atoms with Crippen LogP contribution in [0.1, 0.15) is 18.9 Å². The van der Waals surface area contributed by atoms with E-state index in [9.17, 15) is 0 Å². The van der Waals surface area contributed by atoms with Crippen molar-refractivity contribution in [2.75, 3.05) is 31.1 Å². The van der Waals surface area contributed by atoms with Crippen molar-refractivity contribution >= 4 is 16.5 Å². The maximum Gasteiger partial charge on any atom is 0.208 e. The van der Waals surface area contributed by atoms with Crippen molar-refractivity contribution < 1.29 is 0 Å². The first-order chi connectivity index (χ1) is 8.03. The standard InChI is InChI=1S/C11H17N5S/c1-9-13-14-10(17-9)15-4-6-16(7-5-15)11(2,3)8-12/h4-7H2,1-3H3. The summed E-state index contributed by atoms with van der Waals surface area (Å²) in [4.78, 5) is 4.46. The number of hydrogen-bond donors (Lipinski definition) is 0. The van der Waals surface area contributed by atoms with E-state index in [0.29, 0.717) is 0 Å². The fraction of sp³-hybridized carbons (Fsp3) is 0.727. The summed E-state index contributed by atoms with van der Waals surface area (Å²) in [6.07, 6.45) is 0. The van der Waals surface area contributed by atoms with E-state index in [0.717, 1.165) is 36.3 Å². The van der Waals surface area contributed by atoms with Gasteiger partial charge in [-0.2, -0.15) is 5.26 Å². The molecule has 0 bridgehead atoms. The molecule has 92 valence electrons. The van der Waals surface area contributed by atoms with E-state index in [2.05, 4.69) is 26.1 Å². The van der Waals surface area contributed by atoms with Crippen molar-refractivity contribution in [3.8, 4) is 6.07 Å². The molecule has 0 atom stereocenters. The Bertz CT molecular complexity index is 425. The zero-order valence-corrected chi connectivity index (χ0v) is 11.3. The molecule has 0 N–H and O–H groups in total. The SMILES string of the molecule is Cc1nnc(N2CCN(C(C)(C)C#N)CC2)s1. The van der Waals surface area contributed by atoms with Crippen LogP contribution in [0.15, 0.2) is 0 Å². The monoisotopic (exact) mass is 251 g/mol. The molecule has 1 aromatic heterocycles. The summed E-state index contributed by atoms with van der Waals surface area (Å²) >= 11 is 1.63. The van der Waals surface area contributed by atoms with E-state index in [1.165, 1.54) is 0 Å². The molecule has 1 fully saturated rings. The molecule has 0 radical (unpaired) electrons. The van der Waals surface area contributed by atoms with Crippen LogP contribution in [0.25, 0.3) is 0 Å². The molecule has 1 aliphatic heterocycles. The highest BCUT2D eigenvalue weighted by atomic mass is 32.1. The molecule has 2 rings (SSSR count). The summed E-state index contributed by atoms with van der Waals surface area (Å²) < 4.78 is 0. The van der Waals surface area contributed by atoms with Gasteiger partial charge in [0.1, 0.15) is 10.5 Å². The molecule has 1 aromatic rings. The third-order valence-electron chi connectivity index (χ3n) is 3.13. The lowest BCUT2D eigenvalue weighted by Gasteiger charge is -2.40. The first-order valence-corrected chi connectivity index (χ1v) is 6.56. The Morgan fingerprint density at radius 2 is 1.88 bits per heavy atom. The Kier molecular flexibility index (Phi) is 3.31. The average molecular weight is 251 g/mol. The molecule has 5 nitrogen and oxygen atoms in total. The average Bonchev–Trinajstić information content (AvgIpc) is 2.76. The summed E-state index contributed by atoms with van der Waals surface area (Å²) in [5.74, 6) is 0. The van der Waals surface area contributed by atoms with Gasteiger partial charge >= 0.3 is 0 Å². The number of aryl methyl sites for hydroxylation is 1. The second-order valence-corrected chi connectivity index (χ2v) is 5.91. The van der Waals surface area contributed by atoms with Crippen molar-refractivity contribution in [3.05, 3.63) is 5.01 Å². The fourth-order valence-electron chi connectivity index (χ4n) is 1.94. The van der Waals surface area contributed by atoms with Crippen LogP contribution < -0.4 is 4.90 Å². The van der Waals surface area contributed by atoms with E-state index >= 15 is 0 Å². The number of aromatic nitrogens is 2. The lowest BCUT2D eigenvalue weighted by atomic mass is 10.0. The first-order valence-electron chi connectivity index (χ1n) is 5.74. The molecular formula is C11H17N5S. The number of nitrogens with zero attached hydrogens (tertiary/aromatic N) is 5.